The molecule has 2 aliphatic rings. The minimum atomic E-state index is -1.25. The first-order valence-electron chi connectivity index (χ1n) is 21.9. The number of para-hydroxylation sites is 1. The number of hydrogen-bond donors (Lipinski definition) is 13. The van der Waals surface area contributed by atoms with Crippen molar-refractivity contribution in [1.82, 2.24) is 53.0 Å². The molecular weight excluding hydrogens is 883 g/mol. The molecule has 7 atom stereocenters. The summed E-state index contributed by atoms with van der Waals surface area (Å²) in [6.07, 6.45) is 5.72. The number of carbonyl (C=O) groups is 9. The fraction of sp³-hybridized carbons (Fsp3) is 0.595. The van der Waals surface area contributed by atoms with E-state index in [2.05, 4.69) is 60.1 Å². The van der Waals surface area contributed by atoms with Crippen LogP contribution in [0.1, 0.15) is 77.2 Å². The lowest BCUT2D eigenvalue weighted by Gasteiger charge is -2.24. The lowest BCUT2D eigenvalue weighted by atomic mass is 9.92. The van der Waals surface area contributed by atoms with Crippen LogP contribution in [-0.2, 0) is 44.8 Å². The van der Waals surface area contributed by atoms with Crippen molar-refractivity contribution in [3.8, 4) is 0 Å². The number of rotatable bonds is 28. The quantitative estimate of drug-likeness (QED) is 0.0168. The molecule has 358 valence electrons. The monoisotopic (exact) mass is 945 g/mol. The predicted molar refractivity (Wildman–Crippen MR) is 245 cm³/mol. The van der Waals surface area contributed by atoms with E-state index in [1.165, 1.54) is 5.48 Å². The van der Waals surface area contributed by atoms with Gasteiger partial charge in [-0.2, -0.15) is 24.4 Å². The molecule has 65 heavy (non-hydrogen) atoms. The summed E-state index contributed by atoms with van der Waals surface area (Å²) < 4.78 is 0. The molecule has 4 rings (SSSR count). The molecule has 1 aromatic carbocycles. The van der Waals surface area contributed by atoms with Gasteiger partial charge in [-0.25, -0.2) is 10.3 Å². The molecule has 13 N–H and O–H groups in total. The second kappa shape index (κ2) is 26.4. The largest absolute Gasteiger partial charge is 0.368 e. The number of carbonyl (C=O) groups excluding carboxylic acids is 9. The second-order valence-corrected chi connectivity index (χ2v) is 18.3. The van der Waals surface area contributed by atoms with E-state index in [0.29, 0.717) is 36.6 Å². The van der Waals surface area contributed by atoms with Crippen LogP contribution >= 0.6 is 24.4 Å². The Hall–Kier alpha value is -5.55. The number of H-pyrrole nitrogens is 1. The Bertz CT molecular complexity index is 2000. The van der Waals surface area contributed by atoms with Gasteiger partial charge in [0.1, 0.15) is 18.1 Å². The summed E-state index contributed by atoms with van der Waals surface area (Å²) >= 11 is 6.07. The molecular formula is C42H63N11O10S2. The zero-order valence-corrected chi connectivity index (χ0v) is 38.4. The Morgan fingerprint density at radius 3 is 2.29 bits per heavy atom. The average molecular weight is 946 g/mol. The van der Waals surface area contributed by atoms with Gasteiger partial charge < -0.3 is 53.3 Å². The van der Waals surface area contributed by atoms with Crippen molar-refractivity contribution in [3.05, 3.63) is 36.0 Å². The highest BCUT2D eigenvalue weighted by Crippen LogP contribution is 2.33. The third-order valence-corrected chi connectivity index (χ3v) is 13.0. The van der Waals surface area contributed by atoms with Gasteiger partial charge in [-0.05, 0) is 56.1 Å². The number of hydroxylamine groups is 1. The summed E-state index contributed by atoms with van der Waals surface area (Å²) in [6, 6.07) is 4.00. The minimum Gasteiger partial charge on any atom is -0.368 e. The standard InChI is InChI=1S/C42H63N11O10S2/c1-23(2)15-24(17-34(55)53-63)39(59)50-30(21-64)41(61)49-29(16-25-18-45-27-10-4-3-9-26(25)27)40(60)47-19-35(56)46-20-36(57)48-28(38(43)58)11-7-8-14-44-33(54)13-6-5-12-32-37-31(22-65-32)51-42(62)52-37/h3-4,9-10,18,23-24,28-32,37,45,63-64H,5-8,11-17,19-22H2,1-2H3,(H2,43,58)(H,44,54)(H,46,56)(H,47,60)(H,48,57)(H,49,61)(H,50,59)(H,53,55)(H2,51,52,62)/t24?,28-,29-,30-,31-,32-,37-/m0/s1. The van der Waals surface area contributed by atoms with Crippen LogP contribution in [0.5, 0.6) is 0 Å². The van der Waals surface area contributed by atoms with Gasteiger partial charge in [0.25, 0.3) is 0 Å². The fourth-order valence-electron chi connectivity index (χ4n) is 7.73. The molecule has 21 nitrogen and oxygen atoms in total. The fourth-order valence-corrected chi connectivity index (χ4v) is 9.53. The van der Waals surface area contributed by atoms with Gasteiger partial charge in [0.05, 0.1) is 25.2 Å². The number of urea groups is 1. The molecule has 0 bridgehead atoms. The highest BCUT2D eigenvalue weighted by molar-refractivity contribution is 8.00. The highest BCUT2D eigenvalue weighted by Gasteiger charge is 2.42. The number of aromatic amines is 1. The molecule has 10 amide bonds. The molecule has 2 fully saturated rings. The van der Waals surface area contributed by atoms with Crippen molar-refractivity contribution >= 4 is 88.6 Å². The maximum atomic E-state index is 13.6. The summed E-state index contributed by atoms with van der Waals surface area (Å²) in [7, 11) is 0. The van der Waals surface area contributed by atoms with Crippen molar-refractivity contribution in [2.75, 3.05) is 31.1 Å². The van der Waals surface area contributed by atoms with E-state index in [1.54, 1.807) is 6.20 Å². The lowest BCUT2D eigenvalue weighted by Crippen LogP contribution is -2.56. The van der Waals surface area contributed by atoms with Gasteiger partial charge in [0.2, 0.25) is 47.3 Å². The topological polar surface area (TPSA) is 324 Å². The molecule has 0 radical (unpaired) electrons. The van der Waals surface area contributed by atoms with Gasteiger partial charge >= 0.3 is 6.03 Å². The number of amides is 10. The number of aromatic nitrogens is 1. The summed E-state index contributed by atoms with van der Waals surface area (Å²) in [4.78, 5) is 117. The normalized spacial score (nSPS) is 18.2. The maximum Gasteiger partial charge on any atom is 0.315 e. The van der Waals surface area contributed by atoms with Crippen LogP contribution in [0.4, 0.5) is 4.79 Å². The van der Waals surface area contributed by atoms with Gasteiger partial charge in [0.15, 0.2) is 0 Å². The molecule has 23 heteroatoms. The summed E-state index contributed by atoms with van der Waals surface area (Å²) in [5, 5.41) is 31.5. The van der Waals surface area contributed by atoms with Gasteiger partial charge in [-0.15, -0.1) is 0 Å². The van der Waals surface area contributed by atoms with Gasteiger partial charge in [-0.1, -0.05) is 38.5 Å². The minimum absolute atomic E-state index is 0.00666. The van der Waals surface area contributed by atoms with Crippen LogP contribution in [0.15, 0.2) is 30.5 Å². The van der Waals surface area contributed by atoms with Gasteiger partial charge in [0, 0.05) is 65.6 Å². The number of unbranched alkanes of at least 4 members (excludes halogenated alkanes) is 2. The molecule has 2 aliphatic heterocycles. The summed E-state index contributed by atoms with van der Waals surface area (Å²) in [6.45, 7) is 2.97. The van der Waals surface area contributed by atoms with Gasteiger partial charge in [-0.3, -0.25) is 43.6 Å². The Morgan fingerprint density at radius 1 is 0.831 bits per heavy atom. The highest BCUT2D eigenvalue weighted by atomic mass is 32.2. The number of fused-ring (bicyclic) bond motifs is 2. The first-order chi connectivity index (χ1) is 31.1. The van der Waals surface area contributed by atoms with Crippen LogP contribution in [0.25, 0.3) is 10.9 Å². The van der Waals surface area contributed by atoms with Crippen LogP contribution in [0, 0.1) is 11.8 Å². The molecule has 1 aromatic heterocycles. The van der Waals surface area contributed by atoms with E-state index in [1.807, 2.05) is 49.9 Å². The number of benzene rings is 1. The van der Waals surface area contributed by atoms with Crippen LogP contribution in [0.2, 0.25) is 0 Å². The average Bonchev–Trinajstić information content (AvgIpc) is 3.97. The van der Waals surface area contributed by atoms with E-state index in [4.69, 9.17) is 10.9 Å². The van der Waals surface area contributed by atoms with E-state index in [9.17, 15) is 43.2 Å². The zero-order valence-electron chi connectivity index (χ0n) is 36.7. The zero-order chi connectivity index (χ0) is 47.5. The van der Waals surface area contributed by atoms with Crippen molar-refractivity contribution in [2.45, 2.75) is 114 Å². The molecule has 2 saturated heterocycles. The Labute approximate surface area is 386 Å². The van der Waals surface area contributed by atoms with Crippen LogP contribution in [-0.4, -0.2) is 130 Å². The van der Waals surface area contributed by atoms with Crippen molar-refractivity contribution in [3.63, 3.8) is 0 Å². The van der Waals surface area contributed by atoms with Crippen molar-refractivity contribution in [1.29, 1.82) is 0 Å². The number of nitrogens with one attached hydrogen (secondary N) is 10. The SMILES string of the molecule is CC(C)CC(CC(=O)NO)C(=O)N[C@@H](CS)C(=O)N[C@@H](Cc1c[nH]c2ccccc12)C(=O)NCC(=O)NCC(=O)N[C@@H](CCCCNC(=O)CCCC[C@@H]1SC[C@@H]2NC(=O)N[C@@H]21)C(N)=O. The maximum absolute atomic E-state index is 13.6. The molecule has 0 spiro atoms. The number of nitrogens with two attached hydrogens (primary N) is 1. The van der Waals surface area contributed by atoms with Crippen LogP contribution in [0.3, 0.4) is 0 Å². The van der Waals surface area contributed by atoms with Crippen LogP contribution < -0.4 is 53.7 Å². The van der Waals surface area contributed by atoms with E-state index in [0.717, 1.165) is 35.9 Å². The molecule has 0 aliphatic carbocycles. The number of primary amides is 1. The second-order valence-electron chi connectivity index (χ2n) is 16.7. The lowest BCUT2D eigenvalue weighted by molar-refractivity contribution is -0.136. The first-order valence-corrected chi connectivity index (χ1v) is 23.5. The number of thiol groups is 1. The Morgan fingerprint density at radius 2 is 1.57 bits per heavy atom. The summed E-state index contributed by atoms with van der Waals surface area (Å²) in [5.74, 6) is -5.31. The van der Waals surface area contributed by atoms with E-state index < -0.39 is 78.5 Å². The summed E-state index contributed by atoms with van der Waals surface area (Å²) in [5.41, 5.74) is 8.49. The first kappa shape index (κ1) is 52.1. The molecule has 1 unspecified atom stereocenters. The Kier molecular flexibility index (Phi) is 21.2. The molecule has 0 saturated carbocycles. The smallest absolute Gasteiger partial charge is 0.315 e. The van der Waals surface area contributed by atoms with E-state index in [-0.39, 0.29) is 61.4 Å². The third-order valence-electron chi connectivity index (χ3n) is 11.1. The third kappa shape index (κ3) is 17.1. The molecule has 2 aromatic rings. The Balaban J connectivity index is 1.20. The number of hydrogen-bond acceptors (Lipinski definition) is 12. The predicted octanol–water partition coefficient (Wildman–Crippen LogP) is -0.618. The van der Waals surface area contributed by atoms with Crippen molar-refractivity contribution < 1.29 is 48.4 Å². The number of thioether (sulfide) groups is 1. The molecule has 3 heterocycles. The van der Waals surface area contributed by atoms with Crippen molar-refractivity contribution in [2.24, 2.45) is 17.6 Å². The van der Waals surface area contributed by atoms with E-state index >= 15 is 0 Å².